The molecule has 0 aromatic heterocycles. The number of carbonyl (C=O) groups excluding carboxylic acids is 2. The molecule has 2 aromatic carbocycles. The van der Waals surface area contributed by atoms with Crippen LogP contribution in [0.3, 0.4) is 0 Å². The molecule has 1 saturated heterocycles. The lowest BCUT2D eigenvalue weighted by atomic mass is 10.2. The van der Waals surface area contributed by atoms with Gasteiger partial charge in [-0.05, 0) is 29.8 Å². The Morgan fingerprint density at radius 2 is 1.65 bits per heavy atom. The fourth-order valence-electron chi connectivity index (χ4n) is 2.47. The van der Waals surface area contributed by atoms with Crippen molar-refractivity contribution in [3.63, 3.8) is 0 Å². The first-order valence-electron chi connectivity index (χ1n) is 7.52. The van der Waals surface area contributed by atoms with E-state index in [0.29, 0.717) is 5.69 Å². The maximum absolute atomic E-state index is 12.5. The standard InChI is InChI=1S/C17H14ClN3O4S/c18-14-15(20-12-6-8-13(9-7-12)26(19,24)25)17(23)21(16(14)22)10-11-4-2-1-3-5-11/h1-9,14H,10H2,(H2,19,24,25). The van der Waals surface area contributed by atoms with Crippen LogP contribution in [0, 0.1) is 0 Å². The van der Waals surface area contributed by atoms with Gasteiger partial charge in [0.1, 0.15) is 5.71 Å². The molecule has 1 fully saturated rings. The van der Waals surface area contributed by atoms with Gasteiger partial charge < -0.3 is 0 Å². The van der Waals surface area contributed by atoms with Crippen molar-refractivity contribution in [3.05, 3.63) is 60.2 Å². The summed E-state index contributed by atoms with van der Waals surface area (Å²) in [5.41, 5.74) is 0.980. The molecule has 134 valence electrons. The zero-order valence-electron chi connectivity index (χ0n) is 13.4. The number of hydrogen-bond donors (Lipinski definition) is 1. The molecule has 0 saturated carbocycles. The lowest BCUT2D eigenvalue weighted by Gasteiger charge is -2.12. The Morgan fingerprint density at radius 3 is 2.23 bits per heavy atom. The molecule has 2 amide bonds. The Kier molecular flexibility index (Phi) is 4.90. The summed E-state index contributed by atoms with van der Waals surface area (Å²) in [5.74, 6) is -1.12. The lowest BCUT2D eigenvalue weighted by molar-refractivity contribution is -0.137. The molecule has 1 atom stereocenters. The Morgan fingerprint density at radius 1 is 1.04 bits per heavy atom. The minimum atomic E-state index is -3.82. The van der Waals surface area contributed by atoms with Crippen molar-refractivity contribution in [3.8, 4) is 0 Å². The van der Waals surface area contributed by atoms with Crippen molar-refractivity contribution in [1.82, 2.24) is 4.90 Å². The van der Waals surface area contributed by atoms with Gasteiger partial charge in [0.15, 0.2) is 5.38 Å². The van der Waals surface area contributed by atoms with Crippen LogP contribution in [0.15, 0.2) is 64.5 Å². The molecular weight excluding hydrogens is 378 g/mol. The predicted octanol–water partition coefficient (Wildman–Crippen LogP) is 1.58. The van der Waals surface area contributed by atoms with Crippen LogP contribution in [0.5, 0.6) is 0 Å². The molecule has 2 aromatic rings. The summed E-state index contributed by atoms with van der Waals surface area (Å²) in [6.07, 6.45) is 0. The lowest BCUT2D eigenvalue weighted by Crippen LogP contribution is -2.30. The second-order valence-corrected chi connectivity index (χ2v) is 7.61. The van der Waals surface area contributed by atoms with E-state index in [0.717, 1.165) is 10.5 Å². The van der Waals surface area contributed by atoms with Crippen molar-refractivity contribution in [2.24, 2.45) is 10.1 Å². The molecule has 0 aliphatic carbocycles. The number of rotatable bonds is 4. The number of alkyl halides is 1. The average molecular weight is 392 g/mol. The first-order valence-corrected chi connectivity index (χ1v) is 9.51. The van der Waals surface area contributed by atoms with Crippen LogP contribution in [0.1, 0.15) is 5.56 Å². The number of nitrogens with zero attached hydrogens (tertiary/aromatic N) is 2. The molecule has 3 rings (SSSR count). The summed E-state index contributed by atoms with van der Waals surface area (Å²) >= 11 is 6.08. The number of halogens is 1. The zero-order chi connectivity index (χ0) is 18.9. The van der Waals surface area contributed by atoms with Crippen molar-refractivity contribution in [2.75, 3.05) is 0 Å². The number of hydrogen-bond acceptors (Lipinski definition) is 5. The number of amides is 2. The van der Waals surface area contributed by atoms with Crippen molar-refractivity contribution >= 4 is 44.8 Å². The van der Waals surface area contributed by atoms with E-state index in [2.05, 4.69) is 4.99 Å². The van der Waals surface area contributed by atoms with Gasteiger partial charge in [-0.2, -0.15) is 0 Å². The summed E-state index contributed by atoms with van der Waals surface area (Å²) in [6.45, 7) is 0.102. The molecule has 0 spiro atoms. The van der Waals surface area contributed by atoms with Gasteiger partial charge in [0.25, 0.3) is 11.8 Å². The summed E-state index contributed by atoms with van der Waals surface area (Å²) in [4.78, 5) is 29.9. The second-order valence-electron chi connectivity index (χ2n) is 5.61. The fourth-order valence-corrected chi connectivity index (χ4v) is 3.25. The fraction of sp³-hybridized carbons (Fsp3) is 0.118. The summed E-state index contributed by atoms with van der Waals surface area (Å²) in [6, 6.07) is 14.3. The number of sulfonamides is 1. The molecule has 1 aliphatic heterocycles. The first-order chi connectivity index (χ1) is 12.3. The summed E-state index contributed by atoms with van der Waals surface area (Å²) in [7, 11) is -3.82. The van der Waals surface area contributed by atoms with Gasteiger partial charge in [-0.15, -0.1) is 11.6 Å². The zero-order valence-corrected chi connectivity index (χ0v) is 14.9. The van der Waals surface area contributed by atoms with Crippen molar-refractivity contribution < 1.29 is 18.0 Å². The Labute approximate surface area is 155 Å². The minimum Gasteiger partial charge on any atom is -0.272 e. The van der Waals surface area contributed by atoms with Crippen LogP contribution in [-0.4, -0.2) is 36.2 Å². The van der Waals surface area contributed by atoms with Gasteiger partial charge in [0.05, 0.1) is 17.1 Å². The Hall–Kier alpha value is -2.55. The maximum atomic E-state index is 12.5. The molecule has 1 unspecified atom stereocenters. The Bertz CT molecular complexity index is 988. The smallest absolute Gasteiger partial charge is 0.272 e. The van der Waals surface area contributed by atoms with E-state index >= 15 is 0 Å². The largest absolute Gasteiger partial charge is 0.277 e. The van der Waals surface area contributed by atoms with Gasteiger partial charge in [0, 0.05) is 0 Å². The van der Waals surface area contributed by atoms with Gasteiger partial charge >= 0.3 is 0 Å². The van der Waals surface area contributed by atoms with Crippen LogP contribution in [-0.2, 0) is 26.2 Å². The normalized spacial score (nSPS) is 19.4. The molecular formula is C17H14ClN3O4S. The SMILES string of the molecule is NS(=O)(=O)c1ccc(N=C2C(=O)N(Cc3ccccc3)C(=O)C2Cl)cc1. The third-order valence-electron chi connectivity index (χ3n) is 3.79. The van der Waals surface area contributed by atoms with Gasteiger partial charge in [-0.25, -0.2) is 18.5 Å². The van der Waals surface area contributed by atoms with Gasteiger partial charge in [-0.1, -0.05) is 30.3 Å². The van der Waals surface area contributed by atoms with E-state index in [-0.39, 0.29) is 17.2 Å². The highest BCUT2D eigenvalue weighted by molar-refractivity contribution is 7.89. The Balaban J connectivity index is 1.87. The van der Waals surface area contributed by atoms with Crippen LogP contribution in [0.2, 0.25) is 0 Å². The number of aliphatic imine (C=N–C) groups is 1. The van der Waals surface area contributed by atoms with Crippen molar-refractivity contribution in [2.45, 2.75) is 16.8 Å². The highest BCUT2D eigenvalue weighted by Crippen LogP contribution is 2.23. The van der Waals surface area contributed by atoms with Crippen LogP contribution < -0.4 is 5.14 Å². The number of benzene rings is 2. The van der Waals surface area contributed by atoms with E-state index < -0.39 is 27.2 Å². The highest BCUT2D eigenvalue weighted by atomic mass is 35.5. The average Bonchev–Trinajstić information content (AvgIpc) is 2.80. The highest BCUT2D eigenvalue weighted by Gasteiger charge is 2.43. The maximum Gasteiger partial charge on any atom is 0.277 e. The third kappa shape index (κ3) is 3.67. The number of carbonyl (C=O) groups is 2. The number of primary sulfonamides is 1. The number of imide groups is 1. The number of nitrogens with two attached hydrogens (primary N) is 1. The molecule has 0 radical (unpaired) electrons. The van der Waals surface area contributed by atoms with Gasteiger partial charge in [-0.3, -0.25) is 14.5 Å². The summed E-state index contributed by atoms with van der Waals surface area (Å²) in [5, 5.41) is 3.84. The first kappa shape index (κ1) is 18.2. The monoisotopic (exact) mass is 391 g/mol. The topological polar surface area (TPSA) is 110 Å². The third-order valence-corrected chi connectivity index (χ3v) is 5.11. The predicted molar refractivity (Wildman–Crippen MR) is 96.6 cm³/mol. The van der Waals surface area contributed by atoms with Gasteiger partial charge in [0.2, 0.25) is 10.0 Å². The summed E-state index contributed by atoms with van der Waals surface area (Å²) < 4.78 is 22.5. The molecule has 1 heterocycles. The van der Waals surface area contributed by atoms with Crippen molar-refractivity contribution in [1.29, 1.82) is 0 Å². The molecule has 9 heteroatoms. The van der Waals surface area contributed by atoms with E-state index in [4.69, 9.17) is 16.7 Å². The van der Waals surface area contributed by atoms with Crippen LogP contribution >= 0.6 is 11.6 Å². The molecule has 26 heavy (non-hydrogen) atoms. The molecule has 2 N–H and O–H groups in total. The van der Waals surface area contributed by atoms with E-state index in [1.165, 1.54) is 24.3 Å². The molecule has 1 aliphatic rings. The van der Waals surface area contributed by atoms with E-state index in [1.54, 1.807) is 24.3 Å². The van der Waals surface area contributed by atoms with Crippen LogP contribution in [0.4, 0.5) is 5.69 Å². The minimum absolute atomic E-state index is 0.0802. The second kappa shape index (κ2) is 6.99. The van der Waals surface area contributed by atoms with E-state index in [9.17, 15) is 18.0 Å². The van der Waals surface area contributed by atoms with E-state index in [1.807, 2.05) is 6.07 Å². The molecule has 0 bridgehead atoms. The quantitative estimate of drug-likeness (QED) is 0.630. The number of likely N-dealkylation sites (tertiary alicyclic amines) is 1. The van der Waals surface area contributed by atoms with Crippen LogP contribution in [0.25, 0.3) is 0 Å². The molecule has 7 nitrogen and oxygen atoms in total.